The molecule has 2 rings (SSSR count). The SMILES string of the molecule is CC(C)(C)CC1=CN=CC(=O)CN1Cc1ccccc1. The zero-order valence-corrected chi connectivity index (χ0v) is 12.5. The van der Waals surface area contributed by atoms with Crippen molar-refractivity contribution in [3.8, 4) is 0 Å². The van der Waals surface area contributed by atoms with Crippen LogP contribution in [-0.4, -0.2) is 23.4 Å². The van der Waals surface area contributed by atoms with Gasteiger partial charge in [-0.3, -0.25) is 9.79 Å². The Morgan fingerprint density at radius 2 is 1.90 bits per heavy atom. The van der Waals surface area contributed by atoms with Crippen molar-refractivity contribution in [2.45, 2.75) is 33.7 Å². The number of hydrogen-bond donors (Lipinski definition) is 0. The average Bonchev–Trinajstić information content (AvgIpc) is 2.51. The minimum atomic E-state index is 0.0566. The van der Waals surface area contributed by atoms with E-state index >= 15 is 0 Å². The van der Waals surface area contributed by atoms with Gasteiger partial charge in [0.1, 0.15) is 0 Å². The average molecular weight is 270 g/mol. The third-order valence-corrected chi connectivity index (χ3v) is 3.12. The van der Waals surface area contributed by atoms with Crippen molar-refractivity contribution in [1.82, 2.24) is 4.90 Å². The van der Waals surface area contributed by atoms with Crippen LogP contribution in [0.1, 0.15) is 32.8 Å². The van der Waals surface area contributed by atoms with Crippen molar-refractivity contribution in [3.63, 3.8) is 0 Å². The molecule has 0 atom stereocenters. The lowest BCUT2D eigenvalue weighted by molar-refractivity contribution is -0.113. The molecular formula is C17H22N2O. The number of allylic oxidation sites excluding steroid dienone is 1. The first-order valence-corrected chi connectivity index (χ1v) is 6.98. The Morgan fingerprint density at radius 3 is 2.55 bits per heavy atom. The largest absolute Gasteiger partial charge is 0.361 e. The molecule has 3 heteroatoms. The van der Waals surface area contributed by atoms with Gasteiger partial charge in [-0.25, -0.2) is 0 Å². The fourth-order valence-electron chi connectivity index (χ4n) is 2.28. The Bertz CT molecular complexity index is 524. The maximum absolute atomic E-state index is 11.8. The van der Waals surface area contributed by atoms with Crippen molar-refractivity contribution in [2.24, 2.45) is 10.4 Å². The fraction of sp³-hybridized carbons (Fsp3) is 0.412. The Balaban J connectivity index is 2.19. The van der Waals surface area contributed by atoms with Crippen molar-refractivity contribution >= 4 is 12.0 Å². The first kappa shape index (κ1) is 14.5. The van der Waals surface area contributed by atoms with E-state index in [2.05, 4.69) is 42.8 Å². The van der Waals surface area contributed by atoms with Crippen molar-refractivity contribution < 1.29 is 4.79 Å². The molecule has 1 aliphatic rings. The smallest absolute Gasteiger partial charge is 0.193 e. The van der Waals surface area contributed by atoms with E-state index in [1.54, 1.807) is 0 Å². The van der Waals surface area contributed by atoms with Gasteiger partial charge in [-0.15, -0.1) is 0 Å². The van der Waals surface area contributed by atoms with E-state index < -0.39 is 0 Å². The van der Waals surface area contributed by atoms with Crippen LogP contribution in [-0.2, 0) is 11.3 Å². The summed E-state index contributed by atoms with van der Waals surface area (Å²) in [4.78, 5) is 18.0. The zero-order chi connectivity index (χ0) is 14.6. The number of aliphatic imine (C=N–C) groups is 1. The summed E-state index contributed by atoms with van der Waals surface area (Å²) in [6.45, 7) is 7.75. The van der Waals surface area contributed by atoms with Gasteiger partial charge in [0, 0.05) is 18.4 Å². The summed E-state index contributed by atoms with van der Waals surface area (Å²) in [7, 11) is 0. The summed E-state index contributed by atoms with van der Waals surface area (Å²) in [5.74, 6) is 0.0566. The van der Waals surface area contributed by atoms with Gasteiger partial charge in [-0.05, 0) is 17.4 Å². The van der Waals surface area contributed by atoms with E-state index in [4.69, 9.17) is 0 Å². The summed E-state index contributed by atoms with van der Waals surface area (Å²) >= 11 is 0. The summed E-state index contributed by atoms with van der Waals surface area (Å²) in [6, 6.07) is 10.2. The highest BCUT2D eigenvalue weighted by Crippen LogP contribution is 2.27. The molecule has 1 aromatic rings. The number of hydrogen-bond acceptors (Lipinski definition) is 3. The highest BCUT2D eigenvalue weighted by molar-refractivity contribution is 6.28. The van der Waals surface area contributed by atoms with E-state index in [1.165, 1.54) is 11.8 Å². The van der Waals surface area contributed by atoms with Gasteiger partial charge >= 0.3 is 0 Å². The molecule has 0 unspecified atom stereocenters. The number of carbonyl (C=O) groups excluding carboxylic acids is 1. The van der Waals surface area contributed by atoms with Gasteiger partial charge in [0.25, 0.3) is 0 Å². The summed E-state index contributed by atoms with van der Waals surface area (Å²) < 4.78 is 0. The molecule has 0 bridgehead atoms. The fourth-order valence-corrected chi connectivity index (χ4v) is 2.28. The highest BCUT2D eigenvalue weighted by atomic mass is 16.1. The Kier molecular flexibility index (Phi) is 4.38. The molecule has 106 valence electrons. The number of Topliss-reactive ketones (excluding diaryl/α,β-unsaturated/α-hetero) is 1. The second-order valence-electron chi connectivity index (χ2n) is 6.44. The molecule has 3 nitrogen and oxygen atoms in total. The molecule has 0 aromatic heterocycles. The lowest BCUT2D eigenvalue weighted by Gasteiger charge is -2.29. The molecule has 0 N–H and O–H groups in total. The zero-order valence-electron chi connectivity index (χ0n) is 12.5. The van der Waals surface area contributed by atoms with Crippen LogP contribution >= 0.6 is 0 Å². The number of rotatable bonds is 3. The molecule has 0 radical (unpaired) electrons. The summed E-state index contributed by atoms with van der Waals surface area (Å²) in [5.41, 5.74) is 2.51. The molecule has 0 amide bonds. The van der Waals surface area contributed by atoms with Crippen LogP contribution in [0.25, 0.3) is 0 Å². The molecule has 0 fully saturated rings. The molecule has 20 heavy (non-hydrogen) atoms. The van der Waals surface area contributed by atoms with Crippen LogP contribution in [0.2, 0.25) is 0 Å². The predicted molar refractivity (Wildman–Crippen MR) is 82.5 cm³/mol. The molecular weight excluding hydrogens is 248 g/mol. The minimum Gasteiger partial charge on any atom is -0.361 e. The predicted octanol–water partition coefficient (Wildman–Crippen LogP) is 3.42. The van der Waals surface area contributed by atoms with Crippen LogP contribution in [0.4, 0.5) is 0 Å². The molecule has 0 saturated heterocycles. The van der Waals surface area contributed by atoms with Gasteiger partial charge < -0.3 is 4.90 Å². The topological polar surface area (TPSA) is 32.7 Å². The molecule has 0 spiro atoms. The third kappa shape index (κ3) is 4.34. The van der Waals surface area contributed by atoms with E-state index in [0.29, 0.717) is 6.54 Å². The molecule has 1 aromatic carbocycles. The lowest BCUT2D eigenvalue weighted by Crippen LogP contribution is -2.30. The monoisotopic (exact) mass is 270 g/mol. The number of carbonyl (C=O) groups is 1. The van der Waals surface area contributed by atoms with Gasteiger partial charge in [0.15, 0.2) is 5.78 Å². The second-order valence-corrected chi connectivity index (χ2v) is 6.44. The molecule has 1 aliphatic heterocycles. The Labute approximate surface area is 121 Å². The first-order chi connectivity index (χ1) is 9.44. The number of benzene rings is 1. The van der Waals surface area contributed by atoms with Gasteiger partial charge in [-0.1, -0.05) is 51.1 Å². The third-order valence-electron chi connectivity index (χ3n) is 3.12. The lowest BCUT2D eigenvalue weighted by atomic mass is 9.90. The summed E-state index contributed by atoms with van der Waals surface area (Å²) in [5, 5.41) is 0. The standard InChI is InChI=1S/C17H22N2O/c1-17(2,3)9-15-10-18-11-16(20)13-19(15)12-14-7-5-4-6-8-14/h4-8,10-11H,9,12-13H2,1-3H3. The highest BCUT2D eigenvalue weighted by Gasteiger charge is 2.21. The Morgan fingerprint density at radius 1 is 1.20 bits per heavy atom. The first-order valence-electron chi connectivity index (χ1n) is 6.98. The van der Waals surface area contributed by atoms with Crippen LogP contribution in [0, 0.1) is 5.41 Å². The number of ketones is 1. The van der Waals surface area contributed by atoms with Crippen molar-refractivity contribution in [2.75, 3.05) is 6.54 Å². The molecule has 0 saturated carbocycles. The second kappa shape index (κ2) is 6.04. The maximum atomic E-state index is 11.8. The van der Waals surface area contributed by atoms with Gasteiger partial charge in [-0.2, -0.15) is 0 Å². The minimum absolute atomic E-state index is 0.0566. The number of nitrogens with zero attached hydrogens (tertiary/aromatic N) is 2. The van der Waals surface area contributed by atoms with E-state index in [9.17, 15) is 4.79 Å². The van der Waals surface area contributed by atoms with Crippen LogP contribution < -0.4 is 0 Å². The van der Waals surface area contributed by atoms with Crippen molar-refractivity contribution in [1.29, 1.82) is 0 Å². The molecule has 1 heterocycles. The normalized spacial score (nSPS) is 16.1. The molecule has 0 aliphatic carbocycles. The Hall–Kier alpha value is -1.90. The van der Waals surface area contributed by atoms with Crippen LogP contribution in [0.3, 0.4) is 0 Å². The quantitative estimate of drug-likeness (QED) is 0.843. The van der Waals surface area contributed by atoms with Gasteiger partial charge in [0.05, 0.1) is 12.8 Å². The van der Waals surface area contributed by atoms with E-state index in [0.717, 1.165) is 18.7 Å². The van der Waals surface area contributed by atoms with E-state index in [-0.39, 0.29) is 11.2 Å². The van der Waals surface area contributed by atoms with Crippen molar-refractivity contribution in [3.05, 3.63) is 47.8 Å². The van der Waals surface area contributed by atoms with Gasteiger partial charge in [0.2, 0.25) is 0 Å². The van der Waals surface area contributed by atoms with Crippen LogP contribution in [0.5, 0.6) is 0 Å². The maximum Gasteiger partial charge on any atom is 0.193 e. The van der Waals surface area contributed by atoms with E-state index in [1.807, 2.05) is 24.4 Å². The van der Waals surface area contributed by atoms with Crippen LogP contribution in [0.15, 0.2) is 47.2 Å². The summed E-state index contributed by atoms with van der Waals surface area (Å²) in [6.07, 6.45) is 4.16.